The van der Waals surface area contributed by atoms with Gasteiger partial charge in [0.15, 0.2) is 5.65 Å². The maximum absolute atomic E-state index is 13.9. The van der Waals surface area contributed by atoms with Crippen molar-refractivity contribution < 1.29 is 13.2 Å². The fraction of sp³-hybridized carbons (Fsp3) is 0.357. The normalized spacial score (nSPS) is 14.7. The Morgan fingerprint density at radius 1 is 1.05 bits per heavy atom. The molecule has 1 N–H and O–H groups in total. The Hall–Kier alpha value is -4.39. The Balaban J connectivity index is 1.58. The van der Waals surface area contributed by atoms with Gasteiger partial charge in [-0.3, -0.25) is 9.59 Å². The summed E-state index contributed by atoms with van der Waals surface area (Å²) in [4.78, 5) is 39.3. The number of halogens is 3. The second-order valence-electron chi connectivity index (χ2n) is 10.3. The van der Waals surface area contributed by atoms with Gasteiger partial charge in [-0.25, -0.2) is 14.3 Å². The number of allylic oxidation sites excluding steroid dienone is 1. The molecule has 0 saturated carbocycles. The summed E-state index contributed by atoms with van der Waals surface area (Å²) < 4.78 is 45.1. The Bertz CT molecular complexity index is 1700. The topological polar surface area (TPSA) is 93.2 Å². The summed E-state index contributed by atoms with van der Waals surface area (Å²) >= 11 is 0. The van der Waals surface area contributed by atoms with Crippen LogP contribution >= 0.6 is 0 Å². The summed E-state index contributed by atoms with van der Waals surface area (Å²) in [6.45, 7) is 10.7. The van der Waals surface area contributed by atoms with Crippen molar-refractivity contribution in [2.45, 2.75) is 32.6 Å². The maximum atomic E-state index is 13.9. The quantitative estimate of drug-likeness (QED) is 0.337. The minimum atomic E-state index is -4.89. The molecule has 1 aliphatic rings. The molecule has 0 aliphatic carbocycles. The van der Waals surface area contributed by atoms with E-state index in [9.17, 15) is 22.8 Å². The zero-order chi connectivity index (χ0) is 29.5. The van der Waals surface area contributed by atoms with E-state index >= 15 is 0 Å². The van der Waals surface area contributed by atoms with Gasteiger partial charge < -0.3 is 19.7 Å². The second kappa shape index (κ2) is 10.9. The van der Waals surface area contributed by atoms with E-state index in [0.29, 0.717) is 5.69 Å². The summed E-state index contributed by atoms with van der Waals surface area (Å²) in [6, 6.07) is 7.96. The Kier molecular flexibility index (Phi) is 7.47. The third-order valence-corrected chi connectivity index (χ3v) is 7.10. The molecule has 0 atom stereocenters. The van der Waals surface area contributed by atoms with E-state index in [4.69, 9.17) is 0 Å². The molecule has 41 heavy (non-hydrogen) atoms. The lowest BCUT2D eigenvalue weighted by atomic mass is 10.2. The first-order valence-electron chi connectivity index (χ1n) is 13.2. The van der Waals surface area contributed by atoms with Crippen molar-refractivity contribution in [1.82, 2.24) is 28.8 Å². The van der Waals surface area contributed by atoms with Crippen LogP contribution in [-0.2, 0) is 12.7 Å². The van der Waals surface area contributed by atoms with Crippen molar-refractivity contribution in [2.24, 2.45) is 0 Å². The number of benzene rings is 1. The highest BCUT2D eigenvalue weighted by atomic mass is 19.4. The van der Waals surface area contributed by atoms with Gasteiger partial charge in [0.2, 0.25) is 5.95 Å². The lowest BCUT2D eigenvalue weighted by Crippen LogP contribution is -2.44. The lowest BCUT2D eigenvalue weighted by molar-refractivity contribution is -0.139. The minimum absolute atomic E-state index is 0.00609. The van der Waals surface area contributed by atoms with Crippen LogP contribution in [-0.4, -0.2) is 62.0 Å². The Morgan fingerprint density at radius 3 is 2.34 bits per heavy atom. The molecule has 13 heteroatoms. The SMILES string of the molecule is C=CCn1c(=O)c2cnc(Nc3ccc(N4CCN(C)CC4)cc3)nc2n1-c1cc(C(F)(F)F)c(=O)n(C(C)C)c1. The van der Waals surface area contributed by atoms with Crippen LogP contribution in [0.15, 0.2) is 65.0 Å². The van der Waals surface area contributed by atoms with E-state index in [1.165, 1.54) is 27.8 Å². The van der Waals surface area contributed by atoms with E-state index in [-0.39, 0.29) is 29.2 Å². The van der Waals surface area contributed by atoms with Gasteiger partial charge in [0.25, 0.3) is 11.1 Å². The molecule has 0 spiro atoms. The first kappa shape index (κ1) is 28.1. The van der Waals surface area contributed by atoms with E-state index in [1.54, 1.807) is 13.8 Å². The molecule has 1 fully saturated rings. The molecule has 0 unspecified atom stereocenters. The molecular formula is C28H31F3N8O2. The highest BCUT2D eigenvalue weighted by Gasteiger charge is 2.36. The molecule has 3 aromatic heterocycles. The van der Waals surface area contributed by atoms with E-state index in [0.717, 1.165) is 42.5 Å². The Labute approximate surface area is 233 Å². The molecule has 10 nitrogen and oxygen atoms in total. The number of anilines is 3. The van der Waals surface area contributed by atoms with Crippen LogP contribution in [0.25, 0.3) is 16.7 Å². The van der Waals surface area contributed by atoms with Crippen molar-refractivity contribution >= 4 is 28.4 Å². The number of fused-ring (bicyclic) bond motifs is 1. The van der Waals surface area contributed by atoms with Gasteiger partial charge in [-0.15, -0.1) is 6.58 Å². The summed E-state index contributed by atoms with van der Waals surface area (Å²) in [5.41, 5.74) is -1.16. The molecule has 5 rings (SSSR count). The molecule has 1 aliphatic heterocycles. The number of likely N-dealkylation sites (N-methyl/N-ethyl adjacent to an activating group) is 1. The molecule has 4 heterocycles. The minimum Gasteiger partial charge on any atom is -0.369 e. The van der Waals surface area contributed by atoms with Crippen molar-refractivity contribution in [3.8, 4) is 5.69 Å². The monoisotopic (exact) mass is 568 g/mol. The fourth-order valence-electron chi connectivity index (χ4n) is 4.88. The van der Waals surface area contributed by atoms with Crippen LogP contribution in [0.3, 0.4) is 0 Å². The maximum Gasteiger partial charge on any atom is 0.421 e. The number of alkyl halides is 3. The highest BCUT2D eigenvalue weighted by molar-refractivity contribution is 5.77. The fourth-order valence-corrected chi connectivity index (χ4v) is 4.88. The van der Waals surface area contributed by atoms with Crippen molar-refractivity contribution in [2.75, 3.05) is 43.4 Å². The van der Waals surface area contributed by atoms with E-state index in [1.807, 2.05) is 24.3 Å². The average Bonchev–Trinajstić information content (AvgIpc) is 3.20. The number of piperazine rings is 1. The number of aromatic nitrogens is 5. The summed E-state index contributed by atoms with van der Waals surface area (Å²) in [7, 11) is 2.10. The number of rotatable bonds is 7. The first-order chi connectivity index (χ1) is 19.5. The molecule has 1 saturated heterocycles. The van der Waals surface area contributed by atoms with Crippen LogP contribution in [0, 0.1) is 0 Å². The number of nitrogens with zero attached hydrogens (tertiary/aromatic N) is 7. The van der Waals surface area contributed by atoms with Crippen LogP contribution in [0.5, 0.6) is 0 Å². The lowest BCUT2D eigenvalue weighted by Gasteiger charge is -2.34. The molecule has 0 amide bonds. The summed E-state index contributed by atoms with van der Waals surface area (Å²) in [6.07, 6.45) is -0.805. The number of nitrogens with one attached hydrogen (secondary N) is 1. The van der Waals surface area contributed by atoms with Crippen LogP contribution in [0.4, 0.5) is 30.5 Å². The van der Waals surface area contributed by atoms with Crippen molar-refractivity contribution in [3.63, 3.8) is 0 Å². The van der Waals surface area contributed by atoms with Crippen LogP contribution < -0.4 is 21.3 Å². The molecule has 216 valence electrons. The summed E-state index contributed by atoms with van der Waals surface area (Å²) in [5, 5.41) is 3.23. The van der Waals surface area contributed by atoms with Gasteiger partial charge in [-0.2, -0.15) is 18.2 Å². The predicted molar refractivity (Wildman–Crippen MR) is 152 cm³/mol. The standard InChI is InChI=1S/C28H31F3N8O2/c1-5-10-38-25(40)22-16-32-27(33-19-6-8-20(9-7-19)36-13-11-35(4)12-14-36)34-24(22)39(38)21-15-23(28(29,30)31)26(41)37(17-21)18(2)3/h5-9,15-18H,1,10-14H2,2-4H3,(H,32,33,34). The van der Waals surface area contributed by atoms with Crippen LogP contribution in [0.1, 0.15) is 25.5 Å². The van der Waals surface area contributed by atoms with Gasteiger partial charge in [-0.1, -0.05) is 6.08 Å². The average molecular weight is 569 g/mol. The number of pyridine rings is 1. The predicted octanol–water partition coefficient (Wildman–Crippen LogP) is 4.03. The molecular weight excluding hydrogens is 537 g/mol. The highest BCUT2D eigenvalue weighted by Crippen LogP contribution is 2.29. The van der Waals surface area contributed by atoms with Crippen molar-refractivity contribution in [3.05, 3.63) is 81.7 Å². The smallest absolute Gasteiger partial charge is 0.369 e. The number of hydrogen-bond acceptors (Lipinski definition) is 7. The molecule has 0 radical (unpaired) electrons. The zero-order valence-electron chi connectivity index (χ0n) is 23.0. The van der Waals surface area contributed by atoms with Crippen LogP contribution in [0.2, 0.25) is 0 Å². The van der Waals surface area contributed by atoms with E-state index < -0.39 is 28.9 Å². The van der Waals surface area contributed by atoms with Gasteiger partial charge in [-0.05, 0) is 51.2 Å². The van der Waals surface area contributed by atoms with Gasteiger partial charge in [0.05, 0.1) is 12.2 Å². The van der Waals surface area contributed by atoms with Gasteiger partial charge in [0, 0.05) is 56.0 Å². The largest absolute Gasteiger partial charge is 0.421 e. The van der Waals surface area contributed by atoms with Gasteiger partial charge in [0.1, 0.15) is 10.9 Å². The third kappa shape index (κ3) is 5.49. The summed E-state index contributed by atoms with van der Waals surface area (Å²) in [5.74, 6) is 0.155. The Morgan fingerprint density at radius 2 is 1.73 bits per heavy atom. The van der Waals surface area contributed by atoms with Crippen molar-refractivity contribution in [1.29, 1.82) is 0 Å². The van der Waals surface area contributed by atoms with E-state index in [2.05, 4.69) is 38.7 Å². The molecule has 0 bridgehead atoms. The second-order valence-corrected chi connectivity index (χ2v) is 10.3. The zero-order valence-corrected chi connectivity index (χ0v) is 23.0. The van der Waals surface area contributed by atoms with Gasteiger partial charge >= 0.3 is 6.18 Å². The molecule has 4 aromatic rings. The molecule has 1 aromatic carbocycles. The number of hydrogen-bond donors (Lipinski definition) is 1. The third-order valence-electron chi connectivity index (χ3n) is 7.10. The first-order valence-corrected chi connectivity index (χ1v) is 13.2.